The van der Waals surface area contributed by atoms with E-state index in [1.807, 2.05) is 37.3 Å². The van der Waals surface area contributed by atoms with Gasteiger partial charge in [-0.05, 0) is 30.7 Å². The van der Waals surface area contributed by atoms with Gasteiger partial charge in [0.2, 0.25) is 0 Å². The van der Waals surface area contributed by atoms with Crippen LogP contribution in [-0.4, -0.2) is 16.9 Å². The third kappa shape index (κ3) is 4.31. The molecule has 0 aliphatic rings. The summed E-state index contributed by atoms with van der Waals surface area (Å²) in [5.74, 6) is -1.85. The Kier molecular flexibility index (Phi) is 5.09. The maximum atomic E-state index is 11.1. The van der Waals surface area contributed by atoms with Crippen LogP contribution in [0.4, 0.5) is 0 Å². The van der Waals surface area contributed by atoms with Crippen LogP contribution in [0.5, 0.6) is 5.75 Å². The van der Waals surface area contributed by atoms with E-state index in [0.29, 0.717) is 17.9 Å². The average Bonchev–Trinajstić information content (AvgIpc) is 2.52. The number of ether oxygens (including phenoxy) is 1. The molecule has 4 heteroatoms. The van der Waals surface area contributed by atoms with Gasteiger partial charge in [0.05, 0.1) is 0 Å². The molecule has 22 heavy (non-hydrogen) atoms. The normalized spacial score (nSPS) is 10.6. The number of rotatable bonds is 6. The molecular weight excluding hydrogens is 280 g/mol. The molecule has 0 saturated heterocycles. The van der Waals surface area contributed by atoms with E-state index in [0.717, 1.165) is 11.6 Å². The Morgan fingerprint density at radius 3 is 2.45 bits per heavy atom. The fourth-order valence-corrected chi connectivity index (χ4v) is 1.83. The van der Waals surface area contributed by atoms with Crippen LogP contribution in [-0.2, 0) is 16.2 Å². The Hall–Kier alpha value is -2.88. The largest absolute Gasteiger partial charge is 0.488 e. The highest BCUT2D eigenvalue weighted by molar-refractivity contribution is 6.38. The maximum absolute atomic E-state index is 11.1. The van der Waals surface area contributed by atoms with Crippen molar-refractivity contribution in [3.05, 3.63) is 71.3 Å². The van der Waals surface area contributed by atoms with Gasteiger partial charge in [-0.1, -0.05) is 48.0 Å². The van der Waals surface area contributed by atoms with E-state index in [1.54, 1.807) is 18.2 Å². The van der Waals surface area contributed by atoms with E-state index in [-0.39, 0.29) is 0 Å². The van der Waals surface area contributed by atoms with Gasteiger partial charge in [-0.15, -0.1) is 0 Å². The number of ketones is 1. The molecule has 2 aromatic rings. The van der Waals surface area contributed by atoms with Crippen molar-refractivity contribution in [1.82, 2.24) is 0 Å². The van der Waals surface area contributed by atoms with Gasteiger partial charge < -0.3 is 9.84 Å². The predicted molar refractivity (Wildman–Crippen MR) is 83.6 cm³/mol. The Bertz CT molecular complexity index is 699. The minimum absolute atomic E-state index is 0.401. The molecule has 1 N–H and O–H groups in total. The minimum atomic E-state index is -1.48. The van der Waals surface area contributed by atoms with Gasteiger partial charge in [-0.2, -0.15) is 0 Å². The quantitative estimate of drug-likeness (QED) is 0.656. The van der Waals surface area contributed by atoms with Crippen molar-refractivity contribution in [2.24, 2.45) is 0 Å². The lowest BCUT2D eigenvalue weighted by Gasteiger charge is -2.09. The summed E-state index contributed by atoms with van der Waals surface area (Å²) in [6.07, 6.45) is 2.47. The van der Waals surface area contributed by atoms with Crippen molar-refractivity contribution in [2.45, 2.75) is 13.5 Å². The Labute approximate surface area is 128 Å². The number of aliphatic carboxylic acids is 1. The fraction of sp³-hybridized carbons (Fsp3) is 0.111. The number of hydrogen-bond acceptors (Lipinski definition) is 3. The number of hydrogen-bond donors (Lipinski definition) is 1. The minimum Gasteiger partial charge on any atom is -0.488 e. The molecule has 0 atom stereocenters. The zero-order chi connectivity index (χ0) is 15.9. The first kappa shape index (κ1) is 15.5. The van der Waals surface area contributed by atoms with E-state index in [1.165, 1.54) is 11.6 Å². The van der Waals surface area contributed by atoms with Crippen LogP contribution < -0.4 is 4.74 Å². The summed E-state index contributed by atoms with van der Waals surface area (Å²) in [5, 5.41) is 8.57. The van der Waals surface area contributed by atoms with Crippen LogP contribution in [0.25, 0.3) is 6.08 Å². The molecule has 0 radical (unpaired) electrons. The second-order valence-electron chi connectivity index (χ2n) is 4.81. The lowest BCUT2D eigenvalue weighted by molar-refractivity contribution is -0.146. The van der Waals surface area contributed by atoms with Crippen LogP contribution in [0.15, 0.2) is 54.6 Å². The van der Waals surface area contributed by atoms with E-state index in [9.17, 15) is 9.59 Å². The SMILES string of the molecule is Cc1ccc(COc2ccccc2/C=C/C(=O)C(=O)O)cc1. The second-order valence-corrected chi connectivity index (χ2v) is 4.81. The van der Waals surface area contributed by atoms with Crippen molar-refractivity contribution < 1.29 is 19.4 Å². The number of carbonyl (C=O) groups is 2. The topological polar surface area (TPSA) is 63.6 Å². The highest BCUT2D eigenvalue weighted by Gasteiger charge is 2.07. The van der Waals surface area contributed by atoms with Gasteiger partial charge in [0.1, 0.15) is 12.4 Å². The van der Waals surface area contributed by atoms with Crippen molar-refractivity contribution in [1.29, 1.82) is 0 Å². The van der Waals surface area contributed by atoms with Crippen molar-refractivity contribution >= 4 is 17.8 Å². The van der Waals surface area contributed by atoms with Crippen LogP contribution in [0, 0.1) is 6.92 Å². The molecule has 4 nitrogen and oxygen atoms in total. The van der Waals surface area contributed by atoms with E-state index in [2.05, 4.69) is 0 Å². The zero-order valence-corrected chi connectivity index (χ0v) is 12.2. The summed E-state index contributed by atoms with van der Waals surface area (Å²) < 4.78 is 5.75. The monoisotopic (exact) mass is 296 g/mol. The van der Waals surface area contributed by atoms with Gasteiger partial charge in [-0.25, -0.2) is 4.79 Å². The second kappa shape index (κ2) is 7.22. The summed E-state index contributed by atoms with van der Waals surface area (Å²) in [6, 6.07) is 15.1. The fourth-order valence-electron chi connectivity index (χ4n) is 1.83. The molecule has 0 aliphatic carbocycles. The number of carboxylic acids is 1. The number of benzene rings is 2. The first-order valence-electron chi connectivity index (χ1n) is 6.79. The lowest BCUT2D eigenvalue weighted by Crippen LogP contribution is -2.08. The molecule has 0 aliphatic heterocycles. The summed E-state index contributed by atoms with van der Waals surface area (Å²) in [4.78, 5) is 21.6. The van der Waals surface area contributed by atoms with Gasteiger partial charge >= 0.3 is 5.97 Å². The van der Waals surface area contributed by atoms with Gasteiger partial charge in [-0.3, -0.25) is 4.79 Å². The molecule has 2 aromatic carbocycles. The third-order valence-electron chi connectivity index (χ3n) is 3.06. The molecule has 0 bridgehead atoms. The molecule has 0 spiro atoms. The molecular formula is C18H16O4. The highest BCUT2D eigenvalue weighted by Crippen LogP contribution is 2.21. The van der Waals surface area contributed by atoms with E-state index in [4.69, 9.17) is 9.84 Å². The van der Waals surface area contributed by atoms with E-state index >= 15 is 0 Å². The first-order valence-corrected chi connectivity index (χ1v) is 6.79. The molecule has 112 valence electrons. The summed E-state index contributed by atoms with van der Waals surface area (Å²) >= 11 is 0. The summed E-state index contributed by atoms with van der Waals surface area (Å²) in [6.45, 7) is 2.42. The van der Waals surface area contributed by atoms with Crippen LogP contribution in [0.2, 0.25) is 0 Å². The van der Waals surface area contributed by atoms with Gasteiger partial charge in [0, 0.05) is 5.56 Å². The van der Waals surface area contributed by atoms with Crippen molar-refractivity contribution in [2.75, 3.05) is 0 Å². The lowest BCUT2D eigenvalue weighted by atomic mass is 10.1. The average molecular weight is 296 g/mol. The molecule has 0 amide bonds. The van der Waals surface area contributed by atoms with E-state index < -0.39 is 11.8 Å². The van der Waals surface area contributed by atoms with Crippen LogP contribution >= 0.6 is 0 Å². The summed E-state index contributed by atoms with van der Waals surface area (Å²) in [5.41, 5.74) is 2.87. The van der Waals surface area contributed by atoms with Gasteiger partial charge in [0.15, 0.2) is 0 Å². The Morgan fingerprint density at radius 1 is 1.09 bits per heavy atom. The molecule has 0 heterocycles. The standard InChI is InChI=1S/C18H16O4/c1-13-6-8-14(9-7-13)12-22-17-5-3-2-4-15(17)10-11-16(19)18(20)21/h2-11H,12H2,1H3,(H,20,21)/b11-10+. The third-order valence-corrected chi connectivity index (χ3v) is 3.06. The maximum Gasteiger partial charge on any atom is 0.376 e. The first-order chi connectivity index (χ1) is 10.6. The smallest absolute Gasteiger partial charge is 0.376 e. The van der Waals surface area contributed by atoms with Crippen LogP contribution in [0.1, 0.15) is 16.7 Å². The number of para-hydroxylation sites is 1. The van der Waals surface area contributed by atoms with Crippen molar-refractivity contribution in [3.63, 3.8) is 0 Å². The zero-order valence-electron chi connectivity index (χ0n) is 12.2. The molecule has 2 rings (SSSR count). The number of carboxylic acid groups (broad SMARTS) is 1. The molecule has 0 aromatic heterocycles. The predicted octanol–water partition coefficient (Wildman–Crippen LogP) is 3.24. The Balaban J connectivity index is 2.09. The number of aryl methyl sites for hydroxylation is 1. The molecule has 0 fully saturated rings. The summed E-state index contributed by atoms with van der Waals surface area (Å²) in [7, 11) is 0. The molecule has 0 unspecified atom stereocenters. The highest BCUT2D eigenvalue weighted by atomic mass is 16.5. The number of carbonyl (C=O) groups excluding carboxylic acids is 1. The van der Waals surface area contributed by atoms with Crippen molar-refractivity contribution in [3.8, 4) is 5.75 Å². The van der Waals surface area contributed by atoms with Gasteiger partial charge in [0.25, 0.3) is 5.78 Å². The van der Waals surface area contributed by atoms with Crippen LogP contribution in [0.3, 0.4) is 0 Å². The molecule has 0 saturated carbocycles. The Morgan fingerprint density at radius 2 is 1.77 bits per heavy atom.